The van der Waals surface area contributed by atoms with E-state index in [1.54, 1.807) is 5.57 Å². The molecule has 1 atom stereocenters. The highest BCUT2D eigenvalue weighted by Gasteiger charge is 2.17. The third-order valence-electron chi connectivity index (χ3n) is 6.13. The van der Waals surface area contributed by atoms with Crippen LogP contribution in [0, 0.1) is 5.92 Å². The van der Waals surface area contributed by atoms with Gasteiger partial charge in [0.2, 0.25) is 0 Å². The van der Waals surface area contributed by atoms with Crippen LogP contribution in [0.25, 0.3) is 0 Å². The van der Waals surface area contributed by atoms with Crippen LogP contribution in [0.2, 0.25) is 0 Å². The molecule has 0 saturated carbocycles. The summed E-state index contributed by atoms with van der Waals surface area (Å²) in [5.41, 5.74) is 9.05. The summed E-state index contributed by atoms with van der Waals surface area (Å²) < 4.78 is 0. The van der Waals surface area contributed by atoms with E-state index in [0.717, 1.165) is 12.8 Å². The fourth-order valence-electron chi connectivity index (χ4n) is 4.14. The van der Waals surface area contributed by atoms with E-state index in [-0.39, 0.29) is 0 Å². The van der Waals surface area contributed by atoms with E-state index in [2.05, 4.69) is 78.5 Å². The van der Waals surface area contributed by atoms with Crippen LogP contribution in [0.1, 0.15) is 112 Å². The van der Waals surface area contributed by atoms with Gasteiger partial charge in [-0.05, 0) is 118 Å². The van der Waals surface area contributed by atoms with Gasteiger partial charge in [0.1, 0.15) is 0 Å². The van der Waals surface area contributed by atoms with Crippen LogP contribution in [0.5, 0.6) is 0 Å². The average molecular weight is 409 g/mol. The summed E-state index contributed by atoms with van der Waals surface area (Å²) in [6, 6.07) is 0. The highest BCUT2D eigenvalue weighted by molar-refractivity contribution is 5.16. The molecule has 0 fully saturated rings. The first-order chi connectivity index (χ1) is 14.3. The smallest absolute Gasteiger partial charge is 0.0166 e. The van der Waals surface area contributed by atoms with Gasteiger partial charge in [0.25, 0.3) is 0 Å². The molecule has 0 aromatic heterocycles. The summed E-state index contributed by atoms with van der Waals surface area (Å²) in [6.45, 7) is 17.8. The highest BCUT2D eigenvalue weighted by atomic mass is 14.2. The van der Waals surface area contributed by atoms with Crippen molar-refractivity contribution >= 4 is 0 Å². The lowest BCUT2D eigenvalue weighted by Crippen LogP contribution is -2.09. The predicted molar refractivity (Wildman–Crippen MR) is 138 cm³/mol. The Labute approximate surface area is 188 Å². The van der Waals surface area contributed by atoms with Gasteiger partial charge in [0, 0.05) is 0 Å². The maximum absolute atomic E-state index is 4.47. The van der Waals surface area contributed by atoms with Crippen molar-refractivity contribution in [1.82, 2.24) is 0 Å². The Morgan fingerprint density at radius 1 is 0.800 bits per heavy atom. The summed E-state index contributed by atoms with van der Waals surface area (Å²) in [5.74, 6) is 0.701. The average Bonchev–Trinajstić information content (AvgIpc) is 2.67. The molecular formula is C30H48. The molecule has 0 bridgehead atoms. The van der Waals surface area contributed by atoms with Gasteiger partial charge in [-0.15, -0.1) is 0 Å². The molecule has 0 aromatic rings. The van der Waals surface area contributed by atoms with E-state index in [0.29, 0.717) is 5.92 Å². The number of hydrogen-bond donors (Lipinski definition) is 0. The van der Waals surface area contributed by atoms with Crippen molar-refractivity contribution in [2.75, 3.05) is 0 Å². The van der Waals surface area contributed by atoms with Crippen molar-refractivity contribution in [3.05, 3.63) is 70.4 Å². The molecule has 0 aromatic carbocycles. The van der Waals surface area contributed by atoms with E-state index < -0.39 is 0 Å². The van der Waals surface area contributed by atoms with Crippen LogP contribution >= 0.6 is 0 Å². The maximum Gasteiger partial charge on any atom is -0.0166 e. The Balaban J connectivity index is 2.34. The van der Waals surface area contributed by atoms with Crippen molar-refractivity contribution in [1.29, 1.82) is 0 Å². The largest absolute Gasteiger partial charge is 0.0996 e. The molecule has 1 rings (SSSR count). The molecule has 0 saturated heterocycles. The molecule has 0 radical (unpaired) electrons. The Bertz CT molecular complexity index is 667. The minimum absolute atomic E-state index is 0.701. The van der Waals surface area contributed by atoms with Gasteiger partial charge in [-0.1, -0.05) is 70.4 Å². The monoisotopic (exact) mass is 408 g/mol. The van der Waals surface area contributed by atoms with Gasteiger partial charge in [0.15, 0.2) is 0 Å². The second kappa shape index (κ2) is 15.3. The Hall–Kier alpha value is -1.56. The first kappa shape index (κ1) is 26.5. The second-order valence-corrected chi connectivity index (χ2v) is 9.82. The van der Waals surface area contributed by atoms with Gasteiger partial charge in [-0.2, -0.15) is 0 Å². The van der Waals surface area contributed by atoms with E-state index >= 15 is 0 Å². The molecule has 1 unspecified atom stereocenters. The molecular weight excluding hydrogens is 360 g/mol. The van der Waals surface area contributed by atoms with Gasteiger partial charge >= 0.3 is 0 Å². The number of hydrogen-bond acceptors (Lipinski definition) is 0. The molecule has 0 heteroatoms. The molecule has 0 aliphatic heterocycles. The lowest BCUT2D eigenvalue weighted by atomic mass is 9.81. The highest BCUT2D eigenvalue weighted by Crippen LogP contribution is 2.33. The van der Waals surface area contributed by atoms with Crippen LogP contribution in [0.15, 0.2) is 70.4 Å². The molecule has 1 aliphatic carbocycles. The second-order valence-electron chi connectivity index (χ2n) is 9.82. The normalized spacial score (nSPS) is 17.4. The summed E-state index contributed by atoms with van der Waals surface area (Å²) in [6.07, 6.45) is 25.3. The lowest BCUT2D eigenvalue weighted by molar-refractivity contribution is 0.509. The number of allylic oxidation sites excluding steroid dienone is 11. The molecule has 0 heterocycles. The van der Waals surface area contributed by atoms with Crippen molar-refractivity contribution in [3.8, 4) is 0 Å². The quantitative estimate of drug-likeness (QED) is 0.266. The summed E-state index contributed by atoms with van der Waals surface area (Å²) in [5, 5.41) is 0. The van der Waals surface area contributed by atoms with Crippen molar-refractivity contribution < 1.29 is 0 Å². The van der Waals surface area contributed by atoms with Crippen LogP contribution in [0.3, 0.4) is 0 Å². The van der Waals surface area contributed by atoms with Gasteiger partial charge in [0.05, 0.1) is 0 Å². The SMILES string of the molecule is C=C(CCC=C(C)CCC=C(C)C)C1CCC=C(CCC=C(C)CCC=C(C)C)C1. The fourth-order valence-corrected chi connectivity index (χ4v) is 4.14. The minimum Gasteiger partial charge on any atom is -0.0996 e. The van der Waals surface area contributed by atoms with Gasteiger partial charge in [-0.3, -0.25) is 0 Å². The van der Waals surface area contributed by atoms with Crippen LogP contribution < -0.4 is 0 Å². The van der Waals surface area contributed by atoms with Crippen LogP contribution in [-0.4, -0.2) is 0 Å². The van der Waals surface area contributed by atoms with E-state index in [9.17, 15) is 0 Å². The first-order valence-corrected chi connectivity index (χ1v) is 12.2. The molecule has 0 N–H and O–H groups in total. The fraction of sp³-hybridized carbons (Fsp3) is 0.600. The van der Waals surface area contributed by atoms with E-state index in [4.69, 9.17) is 0 Å². The molecule has 0 amide bonds. The van der Waals surface area contributed by atoms with Gasteiger partial charge < -0.3 is 0 Å². The van der Waals surface area contributed by atoms with Crippen molar-refractivity contribution in [2.24, 2.45) is 5.92 Å². The Kier molecular flexibility index (Phi) is 13.5. The lowest BCUT2D eigenvalue weighted by Gasteiger charge is -2.24. The zero-order valence-corrected chi connectivity index (χ0v) is 20.9. The van der Waals surface area contributed by atoms with Crippen molar-refractivity contribution in [3.63, 3.8) is 0 Å². The Morgan fingerprint density at radius 2 is 1.33 bits per heavy atom. The number of rotatable bonds is 13. The zero-order chi connectivity index (χ0) is 22.4. The van der Waals surface area contributed by atoms with E-state index in [1.807, 2.05) is 0 Å². The van der Waals surface area contributed by atoms with Crippen LogP contribution in [-0.2, 0) is 0 Å². The molecule has 0 spiro atoms. The molecule has 168 valence electrons. The molecule has 30 heavy (non-hydrogen) atoms. The van der Waals surface area contributed by atoms with E-state index in [1.165, 1.54) is 85.7 Å². The van der Waals surface area contributed by atoms with Crippen molar-refractivity contribution in [2.45, 2.75) is 112 Å². The summed E-state index contributed by atoms with van der Waals surface area (Å²) in [4.78, 5) is 0. The topological polar surface area (TPSA) is 0 Å². The third kappa shape index (κ3) is 12.9. The minimum atomic E-state index is 0.701. The predicted octanol–water partition coefficient (Wildman–Crippen LogP) is 10.2. The van der Waals surface area contributed by atoms with Gasteiger partial charge in [-0.25, -0.2) is 0 Å². The summed E-state index contributed by atoms with van der Waals surface area (Å²) >= 11 is 0. The maximum atomic E-state index is 4.47. The van der Waals surface area contributed by atoms with Crippen LogP contribution in [0.4, 0.5) is 0 Å². The Morgan fingerprint density at radius 3 is 1.90 bits per heavy atom. The molecule has 1 aliphatic rings. The first-order valence-electron chi connectivity index (χ1n) is 12.2. The third-order valence-corrected chi connectivity index (χ3v) is 6.13. The zero-order valence-electron chi connectivity index (χ0n) is 20.9. The summed E-state index contributed by atoms with van der Waals surface area (Å²) in [7, 11) is 0. The standard InChI is InChI=1S/C30H48/c1-24(2)13-8-15-26(5)17-10-19-28(7)30-22-12-21-29(23-30)20-11-18-27(6)16-9-14-25(3)4/h13-14,17-18,21,30H,7-12,15-16,19-20,22-23H2,1-6H3. The molecule has 0 nitrogen and oxygen atoms in total.